The Balaban J connectivity index is 2.56. The van der Waals surface area contributed by atoms with Crippen molar-refractivity contribution in [3.8, 4) is 5.75 Å². The van der Waals surface area contributed by atoms with Crippen LogP contribution in [-0.2, 0) is 22.1 Å². The van der Waals surface area contributed by atoms with Crippen molar-refractivity contribution in [2.45, 2.75) is 117 Å². The fourth-order valence-electron chi connectivity index (χ4n) is 3.77. The quantitative estimate of drug-likeness (QED) is 0.171. The zero-order valence-electron chi connectivity index (χ0n) is 19.0. The third-order valence-corrected chi connectivity index (χ3v) is 6.15. The second-order valence-electron chi connectivity index (χ2n) is 8.31. The van der Waals surface area contributed by atoms with Gasteiger partial charge in [0.05, 0.1) is 0 Å². The molecular formula is C24H42FO4P. The molecule has 1 atom stereocenters. The molecule has 0 saturated heterocycles. The lowest BCUT2D eigenvalue weighted by atomic mass is 9.99. The van der Waals surface area contributed by atoms with Crippen LogP contribution in [0.4, 0.5) is 4.53 Å². The summed E-state index contributed by atoms with van der Waals surface area (Å²) in [5, 5.41) is 0. The van der Waals surface area contributed by atoms with E-state index in [2.05, 4.69) is 18.6 Å². The summed E-state index contributed by atoms with van der Waals surface area (Å²) in [5.74, 6) is 0.243. The van der Waals surface area contributed by atoms with E-state index < -0.39 is 7.82 Å². The number of aryl methyl sites for hydroxylation is 2. The minimum absolute atomic E-state index is 0.243. The fraction of sp³-hybridized carbons (Fsp3) is 0.750. The SMILES string of the molecule is CCCCCCCCCc1ccc(OP(=O)(O)OF)c(CCCCCCCCC)c1. The van der Waals surface area contributed by atoms with Gasteiger partial charge in [-0.3, -0.25) is 4.89 Å². The van der Waals surface area contributed by atoms with Crippen LogP contribution in [0.2, 0.25) is 0 Å². The molecule has 0 radical (unpaired) electrons. The van der Waals surface area contributed by atoms with Crippen molar-refractivity contribution in [2.75, 3.05) is 0 Å². The molecule has 0 heterocycles. The van der Waals surface area contributed by atoms with Crippen LogP contribution in [-0.4, -0.2) is 4.89 Å². The minimum Gasteiger partial charge on any atom is -0.402 e. The summed E-state index contributed by atoms with van der Waals surface area (Å²) in [5.41, 5.74) is 2.05. The topological polar surface area (TPSA) is 55.8 Å². The first-order chi connectivity index (χ1) is 14.5. The number of rotatable bonds is 19. The van der Waals surface area contributed by atoms with Crippen LogP contribution in [0, 0.1) is 0 Å². The average Bonchev–Trinajstić information content (AvgIpc) is 2.73. The third-order valence-electron chi connectivity index (χ3n) is 5.54. The summed E-state index contributed by atoms with van der Waals surface area (Å²) in [6, 6.07) is 5.62. The Morgan fingerprint density at radius 1 is 0.800 bits per heavy atom. The van der Waals surface area contributed by atoms with Crippen molar-refractivity contribution in [3.63, 3.8) is 0 Å². The summed E-state index contributed by atoms with van der Waals surface area (Å²) in [4.78, 5) is 9.36. The zero-order valence-corrected chi connectivity index (χ0v) is 19.9. The highest BCUT2D eigenvalue weighted by Crippen LogP contribution is 2.45. The van der Waals surface area contributed by atoms with Crippen molar-refractivity contribution in [1.29, 1.82) is 0 Å². The third kappa shape index (κ3) is 12.7. The molecule has 0 spiro atoms. The molecule has 0 aliphatic heterocycles. The van der Waals surface area contributed by atoms with Crippen LogP contribution < -0.4 is 4.52 Å². The van der Waals surface area contributed by atoms with E-state index in [1.165, 1.54) is 76.2 Å². The van der Waals surface area contributed by atoms with Crippen molar-refractivity contribution >= 4 is 7.82 Å². The number of phosphoric ester groups is 1. The predicted octanol–water partition coefficient (Wildman–Crippen LogP) is 8.65. The van der Waals surface area contributed by atoms with Crippen LogP contribution in [0.25, 0.3) is 0 Å². The van der Waals surface area contributed by atoms with Crippen molar-refractivity contribution in [2.24, 2.45) is 0 Å². The van der Waals surface area contributed by atoms with Gasteiger partial charge in [-0.15, -0.1) is 0 Å². The largest absolute Gasteiger partial charge is 0.559 e. The molecule has 4 nitrogen and oxygen atoms in total. The molecule has 174 valence electrons. The van der Waals surface area contributed by atoms with Gasteiger partial charge in [-0.1, -0.05) is 108 Å². The maximum Gasteiger partial charge on any atom is 0.559 e. The Hall–Kier alpha value is -0.900. The van der Waals surface area contributed by atoms with Gasteiger partial charge in [0.2, 0.25) is 0 Å². The van der Waals surface area contributed by atoms with Gasteiger partial charge >= 0.3 is 7.82 Å². The second-order valence-corrected chi connectivity index (χ2v) is 9.57. The van der Waals surface area contributed by atoms with E-state index in [0.29, 0.717) is 0 Å². The number of phosphoric acid groups is 1. The molecule has 0 saturated carbocycles. The smallest absolute Gasteiger partial charge is 0.402 e. The second kappa shape index (κ2) is 16.8. The van der Waals surface area contributed by atoms with E-state index in [1.54, 1.807) is 6.07 Å². The van der Waals surface area contributed by atoms with Crippen LogP contribution in [0.1, 0.15) is 115 Å². The maximum absolute atomic E-state index is 12.3. The lowest BCUT2D eigenvalue weighted by Gasteiger charge is -2.14. The predicted molar refractivity (Wildman–Crippen MR) is 122 cm³/mol. The van der Waals surface area contributed by atoms with Gasteiger partial charge in [-0.25, -0.2) is 4.57 Å². The molecule has 1 unspecified atom stereocenters. The number of hydrogen-bond acceptors (Lipinski definition) is 3. The molecule has 1 aromatic rings. The fourth-order valence-corrected chi connectivity index (χ4v) is 4.22. The van der Waals surface area contributed by atoms with Gasteiger partial charge in [-0.05, 0) is 47.4 Å². The number of benzene rings is 1. The molecule has 1 aromatic carbocycles. The zero-order chi connectivity index (χ0) is 22.1. The van der Waals surface area contributed by atoms with Gasteiger partial charge in [0, 0.05) is 0 Å². The molecule has 0 aliphatic rings. The van der Waals surface area contributed by atoms with Gasteiger partial charge in [-0.2, -0.15) is 0 Å². The van der Waals surface area contributed by atoms with Gasteiger partial charge < -0.3 is 4.52 Å². The monoisotopic (exact) mass is 444 g/mol. The Kier molecular flexibility index (Phi) is 15.2. The van der Waals surface area contributed by atoms with Crippen LogP contribution >= 0.6 is 7.82 Å². The highest BCUT2D eigenvalue weighted by atomic mass is 31.2. The summed E-state index contributed by atoms with van der Waals surface area (Å²) in [7, 11) is -4.70. The first-order valence-electron chi connectivity index (χ1n) is 12.0. The van der Waals surface area contributed by atoms with Crippen molar-refractivity contribution < 1.29 is 23.2 Å². The lowest BCUT2D eigenvalue weighted by molar-refractivity contribution is -0.0363. The van der Waals surface area contributed by atoms with E-state index in [-0.39, 0.29) is 5.75 Å². The van der Waals surface area contributed by atoms with E-state index in [0.717, 1.165) is 37.7 Å². The molecule has 0 bridgehead atoms. The molecule has 30 heavy (non-hydrogen) atoms. The summed E-state index contributed by atoms with van der Waals surface area (Å²) < 4.78 is 31.9. The van der Waals surface area contributed by atoms with Crippen molar-refractivity contribution in [1.82, 2.24) is 0 Å². The van der Waals surface area contributed by atoms with Gasteiger partial charge in [0.15, 0.2) is 0 Å². The summed E-state index contributed by atoms with van der Waals surface area (Å²) in [6.45, 7) is 4.44. The van der Waals surface area contributed by atoms with E-state index in [9.17, 15) is 14.0 Å². The molecule has 1 N–H and O–H groups in total. The Bertz CT molecular complexity index is 609. The number of hydrogen-bond donors (Lipinski definition) is 1. The van der Waals surface area contributed by atoms with E-state index >= 15 is 0 Å². The van der Waals surface area contributed by atoms with Crippen molar-refractivity contribution in [3.05, 3.63) is 29.3 Å². The number of unbranched alkanes of at least 4 members (excludes halogenated alkanes) is 12. The first kappa shape index (κ1) is 27.1. The highest BCUT2D eigenvalue weighted by Gasteiger charge is 2.25. The molecule has 0 fully saturated rings. The molecule has 1 rings (SSSR count). The summed E-state index contributed by atoms with van der Waals surface area (Å²) in [6.07, 6.45) is 18.9. The normalized spacial score (nSPS) is 13.3. The standard InChI is InChI=1S/C24H42FO4P/c1-3-5-7-9-11-13-15-17-22-19-20-24(28-30(26,27)29-25)23(21-22)18-16-14-12-10-8-6-4-2/h19-21H,3-18H2,1-2H3,(H,26,27). The average molecular weight is 445 g/mol. The molecular weight excluding hydrogens is 402 g/mol. The first-order valence-corrected chi connectivity index (χ1v) is 13.5. The van der Waals surface area contributed by atoms with Crippen LogP contribution in [0.3, 0.4) is 0 Å². The summed E-state index contributed by atoms with van der Waals surface area (Å²) >= 11 is 0. The number of halogens is 1. The minimum atomic E-state index is -4.70. The van der Waals surface area contributed by atoms with Gasteiger partial charge in [0.1, 0.15) is 5.75 Å². The Labute approximate surface area is 183 Å². The highest BCUT2D eigenvalue weighted by molar-refractivity contribution is 7.47. The molecule has 6 heteroatoms. The molecule has 0 amide bonds. The van der Waals surface area contributed by atoms with Gasteiger partial charge in [0.25, 0.3) is 0 Å². The van der Waals surface area contributed by atoms with E-state index in [1.807, 2.05) is 12.1 Å². The molecule has 0 aliphatic carbocycles. The Morgan fingerprint density at radius 3 is 1.83 bits per heavy atom. The maximum atomic E-state index is 12.3. The molecule has 0 aromatic heterocycles. The lowest BCUT2D eigenvalue weighted by Crippen LogP contribution is -1.99. The Morgan fingerprint density at radius 2 is 1.30 bits per heavy atom. The van der Waals surface area contributed by atoms with Crippen LogP contribution in [0.5, 0.6) is 5.75 Å². The van der Waals surface area contributed by atoms with Crippen LogP contribution in [0.15, 0.2) is 18.2 Å². The van der Waals surface area contributed by atoms with E-state index in [4.69, 9.17) is 4.52 Å².